The molecule has 0 saturated carbocycles. The molecule has 25 heavy (non-hydrogen) atoms. The number of rotatable bonds is 5. The highest BCUT2D eigenvalue weighted by Gasteiger charge is 2.11. The predicted octanol–water partition coefficient (Wildman–Crippen LogP) is 3.71. The summed E-state index contributed by atoms with van der Waals surface area (Å²) in [6.45, 7) is 2.16. The fraction of sp³-hybridized carbons (Fsp3) is 0.100. The van der Waals surface area contributed by atoms with Gasteiger partial charge in [-0.15, -0.1) is 0 Å². The van der Waals surface area contributed by atoms with Crippen LogP contribution in [0.25, 0.3) is 6.08 Å². The molecule has 5 nitrogen and oxygen atoms in total. The molecule has 0 bridgehead atoms. The van der Waals surface area contributed by atoms with Crippen LogP contribution in [0.3, 0.4) is 0 Å². The Bertz CT molecular complexity index is 854. The Balaban J connectivity index is 1.49. The number of ether oxygens (including phenoxy) is 2. The average molecular weight is 334 g/mol. The van der Waals surface area contributed by atoms with E-state index in [-0.39, 0.29) is 12.7 Å². The third kappa shape index (κ3) is 4.35. The summed E-state index contributed by atoms with van der Waals surface area (Å²) < 4.78 is 10.6. The minimum absolute atomic E-state index is 0.223. The number of hydrogen-bond donors (Lipinski definition) is 1. The molecule has 0 radical (unpaired) electrons. The number of allylic oxidation sites excluding steroid dienone is 3. The molecule has 1 aliphatic heterocycles. The molecule has 0 aliphatic carbocycles. The highest BCUT2D eigenvalue weighted by Crippen LogP contribution is 2.32. The molecule has 0 spiro atoms. The van der Waals surface area contributed by atoms with Crippen molar-refractivity contribution in [3.8, 4) is 11.5 Å². The lowest BCUT2D eigenvalue weighted by atomic mass is 10.1. The van der Waals surface area contributed by atoms with E-state index >= 15 is 0 Å². The van der Waals surface area contributed by atoms with Crippen LogP contribution >= 0.6 is 0 Å². The van der Waals surface area contributed by atoms with Crippen molar-refractivity contribution in [2.45, 2.75) is 6.92 Å². The zero-order valence-corrected chi connectivity index (χ0v) is 13.8. The monoisotopic (exact) mass is 334 g/mol. The lowest BCUT2D eigenvalue weighted by Gasteiger charge is -2.02. The molecule has 0 saturated heterocycles. The van der Waals surface area contributed by atoms with Crippen LogP contribution in [0.15, 0.2) is 65.8 Å². The fourth-order valence-electron chi connectivity index (χ4n) is 2.32. The van der Waals surface area contributed by atoms with Gasteiger partial charge in [-0.05, 0) is 42.3 Å². The van der Waals surface area contributed by atoms with Crippen LogP contribution < -0.4 is 14.9 Å². The van der Waals surface area contributed by atoms with Gasteiger partial charge < -0.3 is 9.47 Å². The van der Waals surface area contributed by atoms with Gasteiger partial charge in [-0.25, -0.2) is 5.43 Å². The number of nitrogens with one attached hydrogen (secondary N) is 1. The van der Waals surface area contributed by atoms with Crippen LogP contribution in [0.1, 0.15) is 21.5 Å². The lowest BCUT2D eigenvalue weighted by molar-refractivity contribution is 0.0954. The van der Waals surface area contributed by atoms with E-state index in [1.54, 1.807) is 12.1 Å². The maximum Gasteiger partial charge on any atom is 0.271 e. The molecule has 1 amide bonds. The second-order valence-corrected chi connectivity index (χ2v) is 5.39. The molecule has 0 aromatic heterocycles. The normalized spacial score (nSPS) is 13.2. The van der Waals surface area contributed by atoms with Crippen molar-refractivity contribution in [1.82, 2.24) is 5.43 Å². The first-order valence-corrected chi connectivity index (χ1v) is 7.86. The number of aryl methyl sites for hydroxylation is 1. The lowest BCUT2D eigenvalue weighted by Crippen LogP contribution is -2.18. The van der Waals surface area contributed by atoms with Gasteiger partial charge in [0.15, 0.2) is 11.5 Å². The number of hydrogen-bond acceptors (Lipinski definition) is 4. The van der Waals surface area contributed by atoms with E-state index in [1.165, 1.54) is 6.21 Å². The fourth-order valence-corrected chi connectivity index (χ4v) is 2.32. The number of amides is 1. The first-order chi connectivity index (χ1) is 12.2. The third-order valence-electron chi connectivity index (χ3n) is 3.62. The Kier molecular flexibility index (Phi) is 5.26. The number of hydrazone groups is 1. The SMILES string of the molecule is Cc1ccccc1C(=O)N/N=C/C=C/C=C/c1ccc2c(c1)OCO2. The van der Waals surface area contributed by atoms with Crippen molar-refractivity contribution in [2.75, 3.05) is 6.79 Å². The van der Waals surface area contributed by atoms with E-state index in [0.717, 1.165) is 22.6 Å². The van der Waals surface area contributed by atoms with Crippen LogP contribution in [0.5, 0.6) is 11.5 Å². The summed E-state index contributed by atoms with van der Waals surface area (Å²) in [6, 6.07) is 13.1. The number of carbonyl (C=O) groups is 1. The summed E-state index contributed by atoms with van der Waals surface area (Å²) in [5.41, 5.74) is 5.05. The van der Waals surface area contributed by atoms with E-state index < -0.39 is 0 Å². The Morgan fingerprint density at radius 3 is 2.80 bits per heavy atom. The predicted molar refractivity (Wildman–Crippen MR) is 97.9 cm³/mol. The average Bonchev–Trinajstić information content (AvgIpc) is 3.09. The Labute approximate surface area is 146 Å². The van der Waals surface area contributed by atoms with Crippen LogP contribution in [-0.2, 0) is 0 Å². The second-order valence-electron chi connectivity index (χ2n) is 5.39. The number of benzene rings is 2. The van der Waals surface area contributed by atoms with Crippen molar-refractivity contribution in [3.05, 3.63) is 77.4 Å². The molecule has 3 rings (SSSR count). The standard InChI is InChI=1S/C20H18N2O3/c1-15-7-4-5-9-17(15)20(23)22-21-12-6-2-3-8-16-10-11-18-19(13-16)25-14-24-18/h2-13H,14H2,1H3,(H,22,23)/b6-2+,8-3+,21-12+. The molecule has 0 fully saturated rings. The van der Waals surface area contributed by atoms with Crippen LogP contribution in [-0.4, -0.2) is 18.9 Å². The molecule has 5 heteroatoms. The molecule has 0 atom stereocenters. The van der Waals surface area contributed by atoms with E-state index in [9.17, 15) is 4.79 Å². The largest absolute Gasteiger partial charge is 0.454 e. The highest BCUT2D eigenvalue weighted by atomic mass is 16.7. The molecule has 0 unspecified atom stereocenters. The summed E-state index contributed by atoms with van der Waals surface area (Å²) in [4.78, 5) is 11.9. The molecule has 1 aliphatic rings. The van der Waals surface area contributed by atoms with Gasteiger partial charge in [0, 0.05) is 11.8 Å². The van der Waals surface area contributed by atoms with Gasteiger partial charge in [0.1, 0.15) is 0 Å². The van der Waals surface area contributed by atoms with Crippen LogP contribution in [0.2, 0.25) is 0 Å². The van der Waals surface area contributed by atoms with Crippen LogP contribution in [0.4, 0.5) is 0 Å². The second kappa shape index (κ2) is 7.97. The van der Waals surface area contributed by atoms with Gasteiger partial charge in [0.05, 0.1) is 0 Å². The van der Waals surface area contributed by atoms with Gasteiger partial charge in [-0.1, -0.05) is 42.5 Å². The van der Waals surface area contributed by atoms with Crippen molar-refractivity contribution in [1.29, 1.82) is 0 Å². The van der Waals surface area contributed by atoms with Crippen LogP contribution in [0, 0.1) is 6.92 Å². The Hall–Kier alpha value is -3.34. The molecular weight excluding hydrogens is 316 g/mol. The third-order valence-corrected chi connectivity index (χ3v) is 3.62. The smallest absolute Gasteiger partial charge is 0.271 e. The zero-order chi connectivity index (χ0) is 17.5. The van der Waals surface area contributed by atoms with E-state index in [1.807, 2.05) is 61.5 Å². The van der Waals surface area contributed by atoms with Crippen molar-refractivity contribution < 1.29 is 14.3 Å². The summed E-state index contributed by atoms with van der Waals surface area (Å²) in [6.07, 6.45) is 8.92. The Morgan fingerprint density at radius 2 is 1.92 bits per heavy atom. The molecule has 2 aromatic carbocycles. The maximum atomic E-state index is 11.9. The molecule has 2 aromatic rings. The quantitative estimate of drug-likeness (QED) is 0.515. The molecule has 1 heterocycles. The number of fused-ring (bicyclic) bond motifs is 1. The zero-order valence-electron chi connectivity index (χ0n) is 13.8. The Morgan fingerprint density at radius 1 is 1.08 bits per heavy atom. The van der Waals surface area contributed by atoms with E-state index in [4.69, 9.17) is 9.47 Å². The summed E-state index contributed by atoms with van der Waals surface area (Å²) >= 11 is 0. The van der Waals surface area contributed by atoms with Crippen molar-refractivity contribution in [2.24, 2.45) is 5.10 Å². The van der Waals surface area contributed by atoms with Gasteiger partial charge in [0.25, 0.3) is 5.91 Å². The molecule has 126 valence electrons. The van der Waals surface area contributed by atoms with Gasteiger partial charge in [-0.2, -0.15) is 5.10 Å². The van der Waals surface area contributed by atoms with Gasteiger partial charge in [-0.3, -0.25) is 4.79 Å². The molecular formula is C20H18N2O3. The highest BCUT2D eigenvalue weighted by molar-refractivity contribution is 5.95. The topological polar surface area (TPSA) is 59.9 Å². The number of carbonyl (C=O) groups excluding carboxylic acids is 1. The number of nitrogens with zero attached hydrogens (tertiary/aromatic N) is 1. The summed E-state index contributed by atoms with van der Waals surface area (Å²) in [5.74, 6) is 1.30. The minimum atomic E-state index is -0.223. The summed E-state index contributed by atoms with van der Waals surface area (Å²) in [7, 11) is 0. The molecule has 1 N–H and O–H groups in total. The summed E-state index contributed by atoms with van der Waals surface area (Å²) in [5, 5.41) is 3.90. The first kappa shape index (κ1) is 16.5. The first-order valence-electron chi connectivity index (χ1n) is 7.86. The van der Waals surface area contributed by atoms with E-state index in [0.29, 0.717) is 5.56 Å². The van der Waals surface area contributed by atoms with Crippen molar-refractivity contribution in [3.63, 3.8) is 0 Å². The van der Waals surface area contributed by atoms with E-state index in [2.05, 4.69) is 10.5 Å². The minimum Gasteiger partial charge on any atom is -0.454 e. The van der Waals surface area contributed by atoms with Gasteiger partial charge >= 0.3 is 0 Å². The maximum absolute atomic E-state index is 11.9. The van der Waals surface area contributed by atoms with Gasteiger partial charge in [0.2, 0.25) is 6.79 Å². The van der Waals surface area contributed by atoms with Crippen molar-refractivity contribution >= 4 is 18.2 Å².